The Morgan fingerprint density at radius 3 is 2.42 bits per heavy atom. The minimum absolute atomic E-state index is 0.175. The maximum Gasteiger partial charge on any atom is 0.254 e. The Labute approximate surface area is 305 Å². The number of amides is 1. The molecule has 1 spiro atoms. The van der Waals surface area contributed by atoms with Gasteiger partial charge in [-0.25, -0.2) is 9.97 Å². The van der Waals surface area contributed by atoms with Gasteiger partial charge in [0, 0.05) is 74.0 Å². The number of ether oxygens (including phenoxy) is 3. The Morgan fingerprint density at radius 2 is 1.73 bits per heavy atom. The van der Waals surface area contributed by atoms with Crippen LogP contribution in [-0.4, -0.2) is 78.4 Å². The molecule has 3 saturated heterocycles. The molecule has 2 N–H and O–H groups in total. The number of hydrogen-bond donors (Lipinski definition) is 2. The molecule has 1 atom stereocenters. The molecule has 270 valence electrons. The van der Waals surface area contributed by atoms with Crippen LogP contribution in [0.4, 0.5) is 11.6 Å². The first-order chi connectivity index (χ1) is 25.3. The van der Waals surface area contributed by atoms with E-state index in [0.717, 1.165) is 105 Å². The highest BCUT2D eigenvalue weighted by atomic mass is 16.5. The molecule has 10 heteroatoms. The zero-order valence-corrected chi connectivity index (χ0v) is 30.1. The Kier molecular flexibility index (Phi) is 8.54. The molecule has 0 bridgehead atoms. The molecule has 52 heavy (non-hydrogen) atoms. The van der Waals surface area contributed by atoms with Gasteiger partial charge >= 0.3 is 0 Å². The van der Waals surface area contributed by atoms with Crippen molar-refractivity contribution in [2.75, 3.05) is 49.6 Å². The summed E-state index contributed by atoms with van der Waals surface area (Å²) in [5.74, 6) is 2.66. The van der Waals surface area contributed by atoms with Crippen LogP contribution in [0.1, 0.15) is 72.3 Å². The van der Waals surface area contributed by atoms with Crippen LogP contribution in [0.2, 0.25) is 0 Å². The van der Waals surface area contributed by atoms with Gasteiger partial charge in [-0.05, 0) is 84.6 Å². The molecule has 4 aromatic rings. The van der Waals surface area contributed by atoms with Gasteiger partial charge in [-0.3, -0.25) is 4.79 Å². The molecule has 1 amide bonds. The van der Waals surface area contributed by atoms with E-state index in [4.69, 9.17) is 19.2 Å². The molecule has 4 fully saturated rings. The van der Waals surface area contributed by atoms with Crippen LogP contribution in [0.3, 0.4) is 0 Å². The zero-order valence-electron chi connectivity index (χ0n) is 30.1. The van der Waals surface area contributed by atoms with Crippen LogP contribution in [-0.2, 0) is 23.3 Å². The molecule has 3 aromatic carbocycles. The number of nitrogens with zero attached hydrogens (tertiary/aromatic N) is 4. The lowest BCUT2D eigenvalue weighted by atomic mass is 9.78. The van der Waals surface area contributed by atoms with Crippen molar-refractivity contribution in [3.8, 4) is 11.5 Å². The molecule has 1 aliphatic carbocycles. The molecular formula is C42H48N6O4. The smallest absolute Gasteiger partial charge is 0.254 e. The van der Waals surface area contributed by atoms with E-state index < -0.39 is 0 Å². The first-order valence-electron chi connectivity index (χ1n) is 18.9. The molecule has 5 aliphatic rings. The van der Waals surface area contributed by atoms with E-state index in [1.165, 1.54) is 11.1 Å². The number of carbonyl (C=O) groups excluding carboxylic acids is 1. The summed E-state index contributed by atoms with van der Waals surface area (Å²) in [5.41, 5.74) is 6.52. The number of rotatable bonds is 11. The minimum Gasteiger partial charge on any atom is -0.490 e. The number of nitrogens with one attached hydrogen (secondary N) is 2. The van der Waals surface area contributed by atoms with Crippen molar-refractivity contribution in [2.24, 2.45) is 5.41 Å². The van der Waals surface area contributed by atoms with E-state index in [1.807, 2.05) is 30.5 Å². The Bertz CT molecular complexity index is 1910. The fourth-order valence-corrected chi connectivity index (χ4v) is 8.37. The summed E-state index contributed by atoms with van der Waals surface area (Å²) >= 11 is 0. The summed E-state index contributed by atoms with van der Waals surface area (Å²) in [6.45, 7) is 11.2. The fourth-order valence-electron chi connectivity index (χ4n) is 8.37. The standard InChI is InChI=1S/C42H48N6O4/c1-41(2,29-5-10-35(11-6-29)51-23-32-15-17-44-40(46-32)47-24-42(25-47)26-50-27-42)30-7-12-36(13-8-30)52-37-19-33(20-37)45-31-9-14-38-28(18-31)22-48(39(38)49)34-4-3-16-43-21-34/h5-15,17-18,33-34,37,43,45H,3-4,16,19-27H2,1-2H3. The zero-order chi connectivity index (χ0) is 35.3. The summed E-state index contributed by atoms with van der Waals surface area (Å²) in [6, 6.07) is 25.7. The maximum atomic E-state index is 13.0. The lowest BCUT2D eigenvalue weighted by Gasteiger charge is -2.54. The van der Waals surface area contributed by atoms with E-state index in [-0.39, 0.29) is 17.4 Å². The van der Waals surface area contributed by atoms with Crippen LogP contribution in [0, 0.1) is 5.41 Å². The fraction of sp³-hybridized carbons (Fsp3) is 0.452. The molecule has 0 radical (unpaired) electrons. The van der Waals surface area contributed by atoms with Crippen molar-refractivity contribution in [3.05, 3.63) is 107 Å². The third-order valence-corrected chi connectivity index (χ3v) is 11.8. The summed E-state index contributed by atoms with van der Waals surface area (Å²) in [4.78, 5) is 26.5. The van der Waals surface area contributed by atoms with Crippen LogP contribution in [0.5, 0.6) is 11.5 Å². The van der Waals surface area contributed by atoms with Gasteiger partial charge in [0.25, 0.3) is 5.91 Å². The highest BCUT2D eigenvalue weighted by molar-refractivity contribution is 5.99. The monoisotopic (exact) mass is 700 g/mol. The Hall–Kier alpha value is -4.67. The van der Waals surface area contributed by atoms with Gasteiger partial charge in [0.1, 0.15) is 24.2 Å². The van der Waals surface area contributed by atoms with Gasteiger partial charge in [0.15, 0.2) is 0 Å². The number of carbonyl (C=O) groups is 1. The van der Waals surface area contributed by atoms with E-state index in [1.54, 1.807) is 0 Å². The average Bonchev–Trinajstić information content (AvgIpc) is 3.45. The molecular weight excluding hydrogens is 652 g/mol. The minimum atomic E-state index is -0.186. The second-order valence-electron chi connectivity index (χ2n) is 16.0. The maximum absolute atomic E-state index is 13.0. The Balaban J connectivity index is 0.741. The quantitative estimate of drug-likeness (QED) is 0.197. The van der Waals surface area contributed by atoms with Crippen molar-refractivity contribution in [1.82, 2.24) is 20.2 Å². The van der Waals surface area contributed by atoms with Gasteiger partial charge in [-0.2, -0.15) is 0 Å². The molecule has 5 heterocycles. The van der Waals surface area contributed by atoms with Crippen molar-refractivity contribution in [3.63, 3.8) is 0 Å². The number of aromatic nitrogens is 2. The third-order valence-electron chi connectivity index (χ3n) is 11.8. The summed E-state index contributed by atoms with van der Waals surface area (Å²) in [5, 5.41) is 7.11. The second-order valence-corrected chi connectivity index (χ2v) is 16.0. The van der Waals surface area contributed by atoms with Crippen molar-refractivity contribution in [1.29, 1.82) is 0 Å². The topological polar surface area (TPSA) is 101 Å². The van der Waals surface area contributed by atoms with Gasteiger partial charge in [0.05, 0.1) is 24.3 Å². The van der Waals surface area contributed by atoms with Gasteiger partial charge in [0.2, 0.25) is 5.95 Å². The SMILES string of the molecule is CC(C)(c1ccc(OCc2ccnc(N3CC4(COC4)C3)n2)cc1)c1ccc(OC2CC(Nc3ccc4c(c3)CN(C3CCCNC3)C4=O)C2)cc1. The predicted octanol–water partition coefficient (Wildman–Crippen LogP) is 5.95. The van der Waals surface area contributed by atoms with Crippen LogP contribution in [0.25, 0.3) is 0 Å². The molecule has 1 aromatic heterocycles. The van der Waals surface area contributed by atoms with E-state index in [9.17, 15) is 4.79 Å². The summed E-state index contributed by atoms with van der Waals surface area (Å²) in [6.07, 6.45) is 6.11. The van der Waals surface area contributed by atoms with E-state index in [2.05, 4.69) is 87.8 Å². The van der Waals surface area contributed by atoms with Crippen molar-refractivity contribution < 1.29 is 19.0 Å². The predicted molar refractivity (Wildman–Crippen MR) is 200 cm³/mol. The van der Waals surface area contributed by atoms with Crippen LogP contribution in [0.15, 0.2) is 79.0 Å². The van der Waals surface area contributed by atoms with Crippen molar-refractivity contribution in [2.45, 2.75) is 76.3 Å². The number of piperidine rings is 1. The second kappa shape index (κ2) is 13.4. The summed E-state index contributed by atoms with van der Waals surface area (Å²) in [7, 11) is 0. The average molecular weight is 701 g/mol. The molecule has 1 saturated carbocycles. The lowest BCUT2D eigenvalue weighted by molar-refractivity contribution is -0.127. The van der Waals surface area contributed by atoms with Crippen LogP contribution >= 0.6 is 0 Å². The van der Waals surface area contributed by atoms with Crippen molar-refractivity contribution >= 4 is 17.5 Å². The number of benzene rings is 3. The summed E-state index contributed by atoms with van der Waals surface area (Å²) < 4.78 is 17.9. The third kappa shape index (κ3) is 6.47. The van der Waals surface area contributed by atoms with Gasteiger partial charge in [-0.15, -0.1) is 0 Å². The normalized spacial score (nSPS) is 23.3. The highest BCUT2D eigenvalue weighted by Crippen LogP contribution is 2.39. The molecule has 1 unspecified atom stereocenters. The molecule has 4 aliphatic heterocycles. The molecule has 10 nitrogen and oxygen atoms in total. The number of anilines is 2. The van der Waals surface area contributed by atoms with E-state index >= 15 is 0 Å². The number of hydrogen-bond acceptors (Lipinski definition) is 9. The first kappa shape index (κ1) is 33.2. The first-order valence-corrected chi connectivity index (χ1v) is 18.9. The van der Waals surface area contributed by atoms with Gasteiger partial charge in [-0.1, -0.05) is 38.1 Å². The number of fused-ring (bicyclic) bond motifs is 1. The molecule has 9 rings (SSSR count). The van der Waals surface area contributed by atoms with Gasteiger partial charge < -0.3 is 34.6 Å². The lowest BCUT2D eigenvalue weighted by Crippen LogP contribution is -2.66. The highest BCUT2D eigenvalue weighted by Gasteiger charge is 2.50. The van der Waals surface area contributed by atoms with E-state index in [0.29, 0.717) is 30.7 Å². The van der Waals surface area contributed by atoms with Crippen LogP contribution < -0.4 is 25.0 Å². The Morgan fingerprint density at radius 1 is 0.981 bits per heavy atom. The largest absolute Gasteiger partial charge is 0.490 e.